The predicted octanol–water partition coefficient (Wildman–Crippen LogP) is 3.26. The van der Waals surface area contributed by atoms with Gasteiger partial charge in [-0.15, -0.1) is 0 Å². The number of anilines is 3. The number of nitrogen functional groups attached to an aromatic ring is 1. The third-order valence-corrected chi connectivity index (χ3v) is 3.00. The predicted molar refractivity (Wildman–Crippen MR) is 81.9 cm³/mol. The smallest absolute Gasteiger partial charge is 0.335 e. The number of urea groups is 1. The first-order valence-corrected chi connectivity index (χ1v) is 6.30. The number of carboxylic acids is 1. The highest BCUT2D eigenvalue weighted by atomic mass is 35.5. The summed E-state index contributed by atoms with van der Waals surface area (Å²) in [5.74, 6) is -1.09. The maximum atomic E-state index is 11.9. The molecule has 0 unspecified atom stereocenters. The number of hydrogen-bond donors (Lipinski definition) is 4. The Labute approximate surface area is 125 Å². The molecular formula is C14H12ClN3O3. The van der Waals surface area contributed by atoms with Crippen molar-refractivity contribution in [3.05, 3.63) is 53.1 Å². The lowest BCUT2D eigenvalue weighted by molar-refractivity contribution is 0.0697. The van der Waals surface area contributed by atoms with Crippen LogP contribution >= 0.6 is 11.6 Å². The van der Waals surface area contributed by atoms with Crippen molar-refractivity contribution in [1.82, 2.24) is 0 Å². The molecule has 21 heavy (non-hydrogen) atoms. The van der Waals surface area contributed by atoms with Crippen molar-refractivity contribution in [2.45, 2.75) is 0 Å². The van der Waals surface area contributed by atoms with Crippen LogP contribution in [0.5, 0.6) is 0 Å². The van der Waals surface area contributed by atoms with Crippen LogP contribution in [0, 0.1) is 0 Å². The minimum Gasteiger partial charge on any atom is -0.478 e. The molecule has 0 aromatic heterocycles. The van der Waals surface area contributed by atoms with Gasteiger partial charge in [0.2, 0.25) is 0 Å². The lowest BCUT2D eigenvalue weighted by Gasteiger charge is -2.11. The van der Waals surface area contributed by atoms with E-state index in [-0.39, 0.29) is 11.3 Å². The van der Waals surface area contributed by atoms with Gasteiger partial charge < -0.3 is 21.5 Å². The molecule has 2 rings (SSSR count). The highest BCUT2D eigenvalue weighted by Crippen LogP contribution is 2.22. The fourth-order valence-electron chi connectivity index (χ4n) is 1.65. The lowest BCUT2D eigenvalue weighted by Crippen LogP contribution is -2.20. The summed E-state index contributed by atoms with van der Waals surface area (Å²) in [6.07, 6.45) is 0. The maximum Gasteiger partial charge on any atom is 0.335 e. The molecule has 6 nitrogen and oxygen atoms in total. The number of rotatable bonds is 3. The normalized spacial score (nSPS) is 9.95. The van der Waals surface area contributed by atoms with Gasteiger partial charge in [0.1, 0.15) is 0 Å². The molecule has 2 amide bonds. The van der Waals surface area contributed by atoms with E-state index in [0.717, 1.165) is 0 Å². The molecule has 0 bridgehead atoms. The quantitative estimate of drug-likeness (QED) is 0.653. The Kier molecular flexibility index (Phi) is 4.30. The molecule has 0 spiro atoms. The Morgan fingerprint density at radius 1 is 1.05 bits per heavy atom. The Balaban J connectivity index is 2.10. The standard InChI is InChI=1S/C14H12ClN3O3/c15-9-3-1-2-4-11(9)17-14(21)18-12-6-5-8(13(19)20)7-10(12)16/h1-7H,16H2,(H,19,20)(H2,17,18,21). The van der Waals surface area contributed by atoms with Gasteiger partial charge in [0.25, 0.3) is 0 Å². The number of amides is 2. The highest BCUT2D eigenvalue weighted by Gasteiger charge is 2.10. The molecule has 0 saturated carbocycles. The van der Waals surface area contributed by atoms with Crippen LogP contribution in [0.1, 0.15) is 10.4 Å². The Morgan fingerprint density at radius 3 is 2.33 bits per heavy atom. The van der Waals surface area contributed by atoms with Gasteiger partial charge in [-0.25, -0.2) is 9.59 Å². The van der Waals surface area contributed by atoms with Gasteiger partial charge in [-0.2, -0.15) is 0 Å². The number of para-hydroxylation sites is 1. The van der Waals surface area contributed by atoms with Gasteiger partial charge >= 0.3 is 12.0 Å². The number of benzene rings is 2. The van der Waals surface area contributed by atoms with Gasteiger partial charge in [0.05, 0.1) is 27.6 Å². The van der Waals surface area contributed by atoms with Crippen LogP contribution in [0.4, 0.5) is 21.9 Å². The van der Waals surface area contributed by atoms with E-state index in [1.54, 1.807) is 24.3 Å². The fourth-order valence-corrected chi connectivity index (χ4v) is 1.83. The van der Waals surface area contributed by atoms with Crippen LogP contribution in [0.3, 0.4) is 0 Å². The van der Waals surface area contributed by atoms with Crippen molar-refractivity contribution in [1.29, 1.82) is 0 Å². The van der Waals surface area contributed by atoms with E-state index in [0.29, 0.717) is 16.4 Å². The second kappa shape index (κ2) is 6.15. The zero-order valence-corrected chi connectivity index (χ0v) is 11.5. The van der Waals surface area contributed by atoms with E-state index in [1.807, 2.05) is 0 Å². The van der Waals surface area contributed by atoms with Crippen molar-refractivity contribution in [2.24, 2.45) is 0 Å². The number of carbonyl (C=O) groups excluding carboxylic acids is 1. The second-order valence-electron chi connectivity index (χ2n) is 4.17. The van der Waals surface area contributed by atoms with Crippen molar-refractivity contribution in [3.8, 4) is 0 Å². The van der Waals surface area contributed by atoms with Crippen LogP contribution in [-0.2, 0) is 0 Å². The Hall–Kier alpha value is -2.73. The number of carboxylic acid groups (broad SMARTS) is 1. The van der Waals surface area contributed by atoms with Crippen LogP contribution in [-0.4, -0.2) is 17.1 Å². The molecule has 0 fully saturated rings. The van der Waals surface area contributed by atoms with Crippen molar-refractivity contribution < 1.29 is 14.7 Å². The molecular weight excluding hydrogens is 294 g/mol. The van der Waals surface area contributed by atoms with E-state index in [2.05, 4.69) is 10.6 Å². The number of nitrogens with two attached hydrogens (primary N) is 1. The average molecular weight is 306 g/mol. The molecule has 0 radical (unpaired) electrons. The Morgan fingerprint density at radius 2 is 1.71 bits per heavy atom. The van der Waals surface area contributed by atoms with Gasteiger partial charge in [0.15, 0.2) is 0 Å². The average Bonchev–Trinajstić information content (AvgIpc) is 2.43. The van der Waals surface area contributed by atoms with Gasteiger partial charge in [-0.1, -0.05) is 23.7 Å². The van der Waals surface area contributed by atoms with E-state index in [4.69, 9.17) is 22.4 Å². The first-order valence-electron chi connectivity index (χ1n) is 5.92. The van der Waals surface area contributed by atoms with E-state index in [9.17, 15) is 9.59 Å². The fraction of sp³-hybridized carbons (Fsp3) is 0. The largest absolute Gasteiger partial charge is 0.478 e. The van der Waals surface area contributed by atoms with E-state index in [1.165, 1.54) is 18.2 Å². The Bertz CT molecular complexity index is 704. The molecule has 0 aliphatic heterocycles. The van der Waals surface area contributed by atoms with E-state index >= 15 is 0 Å². The van der Waals surface area contributed by atoms with Gasteiger partial charge in [-0.3, -0.25) is 0 Å². The first-order chi connectivity index (χ1) is 9.97. The molecule has 0 saturated heterocycles. The summed E-state index contributed by atoms with van der Waals surface area (Å²) >= 11 is 5.93. The third kappa shape index (κ3) is 3.64. The van der Waals surface area contributed by atoms with Crippen molar-refractivity contribution in [3.63, 3.8) is 0 Å². The third-order valence-electron chi connectivity index (χ3n) is 2.67. The zero-order chi connectivity index (χ0) is 15.4. The minimum atomic E-state index is -1.09. The number of carbonyl (C=O) groups is 2. The topological polar surface area (TPSA) is 104 Å². The molecule has 0 atom stereocenters. The summed E-state index contributed by atoms with van der Waals surface area (Å²) in [5, 5.41) is 14.3. The second-order valence-corrected chi connectivity index (χ2v) is 4.57. The summed E-state index contributed by atoms with van der Waals surface area (Å²) in [5.41, 5.74) is 6.67. The van der Waals surface area contributed by atoms with E-state index < -0.39 is 12.0 Å². The van der Waals surface area contributed by atoms with Gasteiger partial charge in [-0.05, 0) is 30.3 Å². The SMILES string of the molecule is Nc1cc(C(=O)O)ccc1NC(=O)Nc1ccccc1Cl. The number of nitrogens with one attached hydrogen (secondary N) is 2. The molecule has 5 N–H and O–H groups in total. The summed E-state index contributed by atoms with van der Waals surface area (Å²) in [6, 6.07) is 10.3. The summed E-state index contributed by atoms with van der Waals surface area (Å²) < 4.78 is 0. The van der Waals surface area contributed by atoms with Gasteiger partial charge in [0, 0.05) is 0 Å². The molecule has 2 aromatic carbocycles. The van der Waals surface area contributed by atoms with Crippen molar-refractivity contribution in [2.75, 3.05) is 16.4 Å². The summed E-state index contributed by atoms with van der Waals surface area (Å²) in [6.45, 7) is 0. The number of hydrogen-bond acceptors (Lipinski definition) is 3. The van der Waals surface area contributed by atoms with Crippen LogP contribution < -0.4 is 16.4 Å². The molecule has 108 valence electrons. The van der Waals surface area contributed by atoms with Crippen molar-refractivity contribution >= 4 is 40.7 Å². The van der Waals surface area contributed by atoms with Crippen LogP contribution in [0.2, 0.25) is 5.02 Å². The minimum absolute atomic E-state index is 0.0459. The number of halogens is 1. The monoisotopic (exact) mass is 305 g/mol. The lowest BCUT2D eigenvalue weighted by atomic mass is 10.2. The molecule has 7 heteroatoms. The highest BCUT2D eigenvalue weighted by molar-refractivity contribution is 6.33. The maximum absolute atomic E-state index is 11.9. The molecule has 2 aromatic rings. The molecule has 0 heterocycles. The van der Waals surface area contributed by atoms with Crippen LogP contribution in [0.25, 0.3) is 0 Å². The first kappa shape index (κ1) is 14.7. The van der Waals surface area contributed by atoms with Crippen LogP contribution in [0.15, 0.2) is 42.5 Å². The summed E-state index contributed by atoms with van der Waals surface area (Å²) in [4.78, 5) is 22.6. The molecule has 0 aliphatic carbocycles. The zero-order valence-electron chi connectivity index (χ0n) is 10.8. The molecule has 0 aliphatic rings. The summed E-state index contributed by atoms with van der Waals surface area (Å²) in [7, 11) is 0. The number of aromatic carboxylic acids is 1.